The van der Waals surface area contributed by atoms with Crippen LogP contribution in [0.5, 0.6) is 0 Å². The summed E-state index contributed by atoms with van der Waals surface area (Å²) in [4.78, 5) is 0. The van der Waals surface area contributed by atoms with E-state index in [1.54, 1.807) is 6.07 Å². The van der Waals surface area contributed by atoms with Crippen molar-refractivity contribution in [2.45, 2.75) is 33.4 Å². The van der Waals surface area contributed by atoms with Gasteiger partial charge in [-0.25, -0.2) is 4.39 Å². The van der Waals surface area contributed by atoms with Crippen LogP contribution in [0.4, 0.5) is 4.39 Å². The van der Waals surface area contributed by atoms with E-state index in [0.29, 0.717) is 6.54 Å². The van der Waals surface area contributed by atoms with Crippen LogP contribution in [0, 0.1) is 5.82 Å². The number of hydrogen-bond acceptors (Lipinski definition) is 2. The number of benzene rings is 1. The minimum absolute atomic E-state index is 0.197. The smallest absolute Gasteiger partial charge is 0.123 e. The lowest BCUT2D eigenvalue weighted by molar-refractivity contribution is 0.603. The Kier molecular flexibility index (Phi) is 4.68. The topological polar surface area (TPSA) is 29.9 Å². The molecule has 0 aliphatic heterocycles. The summed E-state index contributed by atoms with van der Waals surface area (Å²) in [6.07, 6.45) is 4.92. The second-order valence-electron chi connectivity index (χ2n) is 4.57. The van der Waals surface area contributed by atoms with E-state index < -0.39 is 0 Å². The molecule has 1 N–H and O–H groups in total. The number of hydrogen-bond donors (Lipinski definition) is 1. The molecular weight excluding hydrogens is 241 g/mol. The number of aromatic nitrogens is 2. The van der Waals surface area contributed by atoms with Gasteiger partial charge in [0.1, 0.15) is 5.82 Å². The molecule has 0 atom stereocenters. The number of halogens is 1. The van der Waals surface area contributed by atoms with E-state index in [1.165, 1.54) is 6.07 Å². The number of aryl methyl sites for hydroxylation is 1. The average molecular weight is 261 g/mol. The van der Waals surface area contributed by atoms with Crippen molar-refractivity contribution >= 4 is 0 Å². The van der Waals surface area contributed by atoms with Crippen LogP contribution in [0.1, 0.15) is 25.8 Å². The third-order valence-corrected chi connectivity index (χ3v) is 3.03. The maximum Gasteiger partial charge on any atom is 0.123 e. The number of nitrogens with zero attached hydrogens (tertiary/aromatic N) is 2. The third-order valence-electron chi connectivity index (χ3n) is 3.03. The highest BCUT2D eigenvalue weighted by molar-refractivity contribution is 5.66. The van der Waals surface area contributed by atoms with E-state index in [2.05, 4.69) is 17.3 Å². The zero-order chi connectivity index (χ0) is 13.7. The van der Waals surface area contributed by atoms with Crippen molar-refractivity contribution in [2.24, 2.45) is 0 Å². The maximum atomic E-state index is 13.4. The summed E-state index contributed by atoms with van der Waals surface area (Å²) < 4.78 is 15.3. The first-order valence-electron chi connectivity index (χ1n) is 6.76. The molecule has 2 aromatic rings. The Morgan fingerprint density at radius 1 is 1.32 bits per heavy atom. The Hall–Kier alpha value is -1.68. The second-order valence-corrected chi connectivity index (χ2v) is 4.57. The van der Waals surface area contributed by atoms with Crippen molar-refractivity contribution in [1.29, 1.82) is 0 Å². The molecule has 0 bridgehead atoms. The molecule has 0 fully saturated rings. The lowest BCUT2D eigenvalue weighted by atomic mass is 10.0. The molecule has 2 rings (SSSR count). The van der Waals surface area contributed by atoms with E-state index in [-0.39, 0.29) is 5.82 Å². The van der Waals surface area contributed by atoms with Gasteiger partial charge >= 0.3 is 0 Å². The summed E-state index contributed by atoms with van der Waals surface area (Å²) in [6, 6.07) is 4.92. The van der Waals surface area contributed by atoms with Crippen LogP contribution in [0.15, 0.2) is 30.6 Å². The Bertz CT molecular complexity index is 534. The summed E-state index contributed by atoms with van der Waals surface area (Å²) >= 11 is 0. The van der Waals surface area contributed by atoms with Gasteiger partial charge in [-0.05, 0) is 36.2 Å². The highest BCUT2D eigenvalue weighted by Crippen LogP contribution is 2.24. The summed E-state index contributed by atoms with van der Waals surface area (Å²) in [5.74, 6) is -0.197. The predicted molar refractivity (Wildman–Crippen MR) is 75.3 cm³/mol. The fourth-order valence-corrected chi connectivity index (χ4v) is 2.10. The Morgan fingerprint density at radius 3 is 2.89 bits per heavy atom. The van der Waals surface area contributed by atoms with E-state index >= 15 is 0 Å². The van der Waals surface area contributed by atoms with Crippen LogP contribution in [-0.2, 0) is 13.1 Å². The van der Waals surface area contributed by atoms with Gasteiger partial charge in [0.25, 0.3) is 0 Å². The number of rotatable bonds is 6. The highest BCUT2D eigenvalue weighted by Gasteiger charge is 2.08. The quantitative estimate of drug-likeness (QED) is 0.865. The molecule has 3 nitrogen and oxygen atoms in total. The van der Waals surface area contributed by atoms with Gasteiger partial charge in [-0.2, -0.15) is 5.10 Å². The van der Waals surface area contributed by atoms with Crippen LogP contribution in [0.3, 0.4) is 0 Å². The molecule has 1 heterocycles. The molecule has 0 aliphatic carbocycles. The van der Waals surface area contributed by atoms with Crippen LogP contribution in [0.2, 0.25) is 0 Å². The molecule has 0 aliphatic rings. The Labute approximate surface area is 113 Å². The fourth-order valence-electron chi connectivity index (χ4n) is 2.10. The Morgan fingerprint density at radius 2 is 2.16 bits per heavy atom. The molecule has 0 unspecified atom stereocenters. The van der Waals surface area contributed by atoms with Crippen LogP contribution in [0.25, 0.3) is 11.1 Å². The summed E-state index contributed by atoms with van der Waals surface area (Å²) in [5.41, 5.74) is 3.06. The summed E-state index contributed by atoms with van der Waals surface area (Å²) in [7, 11) is 0. The largest absolute Gasteiger partial charge is 0.313 e. The van der Waals surface area contributed by atoms with Crippen molar-refractivity contribution in [3.63, 3.8) is 0 Å². The van der Waals surface area contributed by atoms with Crippen molar-refractivity contribution in [2.75, 3.05) is 6.54 Å². The molecule has 1 aromatic carbocycles. The van der Waals surface area contributed by atoms with Crippen LogP contribution < -0.4 is 5.32 Å². The SMILES string of the molecule is CCCn1cc(-c2ccc(F)cc2CNCC)cn1. The minimum Gasteiger partial charge on any atom is -0.313 e. The van der Waals surface area contributed by atoms with Crippen LogP contribution in [-0.4, -0.2) is 16.3 Å². The molecule has 0 amide bonds. The molecule has 1 aromatic heterocycles. The van der Waals surface area contributed by atoms with Crippen molar-refractivity contribution in [3.05, 3.63) is 42.0 Å². The second kappa shape index (κ2) is 6.48. The molecule has 0 saturated carbocycles. The first-order valence-corrected chi connectivity index (χ1v) is 6.76. The minimum atomic E-state index is -0.197. The zero-order valence-corrected chi connectivity index (χ0v) is 11.5. The number of nitrogens with one attached hydrogen (secondary N) is 1. The summed E-state index contributed by atoms with van der Waals surface area (Å²) in [6.45, 7) is 6.60. The third kappa shape index (κ3) is 3.41. The zero-order valence-electron chi connectivity index (χ0n) is 11.5. The first-order chi connectivity index (χ1) is 9.24. The van der Waals surface area contributed by atoms with Crippen LogP contribution >= 0.6 is 0 Å². The monoisotopic (exact) mass is 261 g/mol. The lowest BCUT2D eigenvalue weighted by Crippen LogP contribution is -2.12. The molecule has 0 radical (unpaired) electrons. The van der Waals surface area contributed by atoms with Gasteiger partial charge in [0, 0.05) is 24.8 Å². The van der Waals surface area contributed by atoms with Gasteiger partial charge in [-0.15, -0.1) is 0 Å². The molecule has 102 valence electrons. The van der Waals surface area contributed by atoms with Gasteiger partial charge in [0.15, 0.2) is 0 Å². The van der Waals surface area contributed by atoms with Gasteiger partial charge in [-0.1, -0.05) is 19.9 Å². The Balaban J connectivity index is 2.30. The van der Waals surface area contributed by atoms with E-state index in [4.69, 9.17) is 0 Å². The molecule has 0 spiro atoms. The van der Waals surface area contributed by atoms with E-state index in [9.17, 15) is 4.39 Å². The van der Waals surface area contributed by atoms with Crippen molar-refractivity contribution < 1.29 is 4.39 Å². The average Bonchev–Trinajstić information content (AvgIpc) is 2.85. The summed E-state index contributed by atoms with van der Waals surface area (Å²) in [5, 5.41) is 7.57. The van der Waals surface area contributed by atoms with E-state index in [1.807, 2.05) is 30.1 Å². The molecular formula is C15H20FN3. The fraction of sp³-hybridized carbons (Fsp3) is 0.400. The highest BCUT2D eigenvalue weighted by atomic mass is 19.1. The van der Waals surface area contributed by atoms with E-state index in [0.717, 1.165) is 36.2 Å². The van der Waals surface area contributed by atoms with Gasteiger partial charge in [0.2, 0.25) is 0 Å². The van der Waals surface area contributed by atoms with Crippen molar-refractivity contribution in [3.8, 4) is 11.1 Å². The molecule has 4 heteroatoms. The molecule has 0 saturated heterocycles. The molecule has 19 heavy (non-hydrogen) atoms. The van der Waals surface area contributed by atoms with Crippen molar-refractivity contribution in [1.82, 2.24) is 15.1 Å². The maximum absolute atomic E-state index is 13.4. The standard InChI is InChI=1S/C15H20FN3/c1-3-7-19-11-13(10-18-19)15-6-5-14(16)8-12(15)9-17-4-2/h5-6,8,10-11,17H,3-4,7,9H2,1-2H3. The van der Waals surface area contributed by atoms with Gasteiger partial charge in [-0.3, -0.25) is 4.68 Å². The van der Waals surface area contributed by atoms with Gasteiger partial charge < -0.3 is 5.32 Å². The van der Waals surface area contributed by atoms with Gasteiger partial charge in [0.05, 0.1) is 6.20 Å². The first kappa shape index (κ1) is 13.7. The lowest BCUT2D eigenvalue weighted by Gasteiger charge is -2.08. The normalized spacial score (nSPS) is 10.9. The predicted octanol–water partition coefficient (Wildman–Crippen LogP) is 3.21.